The van der Waals surface area contributed by atoms with Crippen LogP contribution in [-0.4, -0.2) is 61.8 Å². The predicted octanol–water partition coefficient (Wildman–Crippen LogP) is 2.73. The van der Waals surface area contributed by atoms with Crippen molar-refractivity contribution in [2.75, 3.05) is 24.1 Å². The summed E-state index contributed by atoms with van der Waals surface area (Å²) in [6.07, 6.45) is 1.04. The fourth-order valence-corrected chi connectivity index (χ4v) is 5.78. The maximum atomic E-state index is 13.3. The Morgan fingerprint density at radius 2 is 2.00 bits per heavy atom. The number of pyridine rings is 1. The molecule has 182 valence electrons. The zero-order chi connectivity index (χ0) is 24.7. The van der Waals surface area contributed by atoms with E-state index in [9.17, 15) is 23.1 Å². The van der Waals surface area contributed by atoms with Crippen LogP contribution in [0.25, 0.3) is 0 Å². The van der Waals surface area contributed by atoms with E-state index < -0.39 is 27.4 Å². The molecule has 0 radical (unpaired) electrons. The van der Waals surface area contributed by atoms with Crippen LogP contribution >= 0.6 is 23.2 Å². The highest BCUT2D eigenvalue weighted by molar-refractivity contribution is 7.92. The molecule has 34 heavy (non-hydrogen) atoms. The summed E-state index contributed by atoms with van der Waals surface area (Å²) < 4.78 is 38.6. The van der Waals surface area contributed by atoms with E-state index in [1.807, 2.05) is 0 Å². The highest BCUT2D eigenvalue weighted by Crippen LogP contribution is 2.36. The quantitative estimate of drug-likeness (QED) is 0.603. The molecule has 1 aromatic carbocycles. The fourth-order valence-electron chi connectivity index (χ4n) is 3.95. The van der Waals surface area contributed by atoms with Gasteiger partial charge >= 0.3 is 5.97 Å². The first-order valence-corrected chi connectivity index (χ1v) is 12.5. The van der Waals surface area contributed by atoms with Gasteiger partial charge in [0.1, 0.15) is 17.8 Å². The molecular weight excluding hydrogens is 509 g/mol. The Bertz CT molecular complexity index is 1260. The first-order valence-electron chi connectivity index (χ1n) is 10.3. The number of nitrogens with zero attached hydrogens (tertiary/aromatic N) is 2. The van der Waals surface area contributed by atoms with Gasteiger partial charge in [-0.3, -0.25) is 9.10 Å². The van der Waals surface area contributed by atoms with E-state index in [-0.39, 0.29) is 70.8 Å². The number of anilines is 1. The summed E-state index contributed by atoms with van der Waals surface area (Å²) in [5.74, 6) is -1.85. The molecule has 2 atom stereocenters. The third-order valence-electron chi connectivity index (χ3n) is 5.70. The minimum atomic E-state index is -4.09. The van der Waals surface area contributed by atoms with Crippen LogP contribution in [0.3, 0.4) is 0 Å². The molecule has 1 amide bonds. The number of carbonyl (C=O) groups is 2. The number of rotatable bonds is 5. The summed E-state index contributed by atoms with van der Waals surface area (Å²) in [7, 11) is -4.09. The molecule has 0 aliphatic carbocycles. The lowest BCUT2D eigenvalue weighted by Crippen LogP contribution is -2.58. The molecule has 1 fully saturated rings. The van der Waals surface area contributed by atoms with Crippen molar-refractivity contribution >= 4 is 50.8 Å². The molecule has 13 heteroatoms. The zero-order valence-electron chi connectivity index (χ0n) is 18.0. The first kappa shape index (κ1) is 24.5. The van der Waals surface area contributed by atoms with Gasteiger partial charge in [-0.1, -0.05) is 23.2 Å². The number of aliphatic carboxylic acids is 1. The van der Waals surface area contributed by atoms with Crippen molar-refractivity contribution in [3.63, 3.8) is 0 Å². The summed E-state index contributed by atoms with van der Waals surface area (Å²) in [6, 6.07) is 5.25. The standard InChI is InChI=1S/C21H21Cl2N3O7S/c1-12-10-21(20(28)29,4-6-32-12)25-18(27)13-8-17-19(24-11-13)33-7-5-26(17)34(30,31)14-2-3-15(22)16(23)9-14/h2-3,8-9,11-12H,4-7,10H2,1H3,(H,25,27)(H,28,29). The Morgan fingerprint density at radius 3 is 2.68 bits per heavy atom. The zero-order valence-corrected chi connectivity index (χ0v) is 20.3. The lowest BCUT2D eigenvalue weighted by Gasteiger charge is -2.37. The number of fused-ring (bicyclic) bond motifs is 1. The van der Waals surface area contributed by atoms with Crippen molar-refractivity contribution < 1.29 is 32.6 Å². The van der Waals surface area contributed by atoms with Gasteiger partial charge in [0.25, 0.3) is 15.9 Å². The molecule has 1 aromatic heterocycles. The monoisotopic (exact) mass is 529 g/mol. The normalized spacial score (nSPS) is 22.4. The van der Waals surface area contributed by atoms with Crippen LogP contribution in [-0.2, 0) is 19.6 Å². The van der Waals surface area contributed by atoms with Gasteiger partial charge in [-0.15, -0.1) is 0 Å². The maximum absolute atomic E-state index is 13.3. The van der Waals surface area contributed by atoms with Gasteiger partial charge in [0, 0.05) is 25.6 Å². The molecule has 3 heterocycles. The smallest absolute Gasteiger partial charge is 0.329 e. The number of benzene rings is 1. The third kappa shape index (κ3) is 4.52. The van der Waals surface area contributed by atoms with Crippen molar-refractivity contribution in [1.82, 2.24) is 10.3 Å². The Labute approximate surface area is 205 Å². The van der Waals surface area contributed by atoms with E-state index in [1.165, 1.54) is 30.5 Å². The molecule has 10 nitrogen and oxygen atoms in total. The summed E-state index contributed by atoms with van der Waals surface area (Å²) in [5.41, 5.74) is -1.47. The molecule has 1 saturated heterocycles. The second-order valence-electron chi connectivity index (χ2n) is 8.03. The van der Waals surface area contributed by atoms with Gasteiger partial charge < -0.3 is 19.9 Å². The van der Waals surface area contributed by atoms with Crippen LogP contribution in [0.1, 0.15) is 30.1 Å². The van der Waals surface area contributed by atoms with Crippen molar-refractivity contribution in [2.45, 2.75) is 36.3 Å². The number of carboxylic acids is 1. The number of ether oxygens (including phenoxy) is 2. The summed E-state index contributed by atoms with van der Waals surface area (Å²) in [4.78, 5) is 29.0. The van der Waals surface area contributed by atoms with E-state index in [0.717, 1.165) is 4.31 Å². The van der Waals surface area contributed by atoms with Gasteiger partial charge in [-0.05, 0) is 31.2 Å². The average Bonchev–Trinajstić information content (AvgIpc) is 2.79. The number of hydrogen-bond donors (Lipinski definition) is 2. The minimum Gasteiger partial charge on any atom is -0.480 e. The molecular formula is C21H21Cl2N3O7S. The number of carbonyl (C=O) groups excluding carboxylic acids is 1. The fraction of sp³-hybridized carbons (Fsp3) is 0.381. The lowest BCUT2D eigenvalue weighted by atomic mass is 9.86. The molecule has 2 aliphatic heterocycles. The summed E-state index contributed by atoms with van der Waals surface area (Å²) in [5, 5.41) is 12.7. The first-order chi connectivity index (χ1) is 16.0. The van der Waals surface area contributed by atoms with Gasteiger partial charge in [-0.2, -0.15) is 0 Å². The van der Waals surface area contributed by atoms with Gasteiger partial charge in [0.2, 0.25) is 5.88 Å². The second kappa shape index (κ2) is 9.21. The van der Waals surface area contributed by atoms with Crippen molar-refractivity contribution in [1.29, 1.82) is 0 Å². The number of carboxylic acid groups (broad SMARTS) is 1. The number of hydrogen-bond acceptors (Lipinski definition) is 7. The van der Waals surface area contributed by atoms with Crippen LogP contribution in [0.4, 0.5) is 5.69 Å². The molecule has 0 bridgehead atoms. The van der Waals surface area contributed by atoms with Crippen molar-refractivity contribution in [3.05, 3.63) is 46.1 Å². The van der Waals surface area contributed by atoms with Crippen LogP contribution in [0.2, 0.25) is 10.0 Å². The number of amides is 1. The molecule has 0 saturated carbocycles. The molecule has 2 aromatic rings. The molecule has 0 spiro atoms. The van der Waals surface area contributed by atoms with Crippen LogP contribution in [0.5, 0.6) is 5.88 Å². The molecule has 2 aliphatic rings. The summed E-state index contributed by atoms with van der Waals surface area (Å²) in [6.45, 7) is 1.93. The van der Waals surface area contributed by atoms with Crippen LogP contribution in [0, 0.1) is 0 Å². The van der Waals surface area contributed by atoms with Crippen molar-refractivity contribution in [3.8, 4) is 5.88 Å². The van der Waals surface area contributed by atoms with Gasteiger partial charge in [-0.25, -0.2) is 18.2 Å². The van der Waals surface area contributed by atoms with Crippen molar-refractivity contribution in [2.24, 2.45) is 0 Å². The lowest BCUT2D eigenvalue weighted by molar-refractivity contribution is -0.150. The molecule has 2 N–H and O–H groups in total. The Hall–Kier alpha value is -2.60. The largest absolute Gasteiger partial charge is 0.480 e. The Kier molecular flexibility index (Phi) is 6.65. The van der Waals surface area contributed by atoms with E-state index in [0.29, 0.717) is 0 Å². The topological polar surface area (TPSA) is 135 Å². The highest BCUT2D eigenvalue weighted by Gasteiger charge is 2.44. The van der Waals surface area contributed by atoms with E-state index in [4.69, 9.17) is 32.7 Å². The number of nitrogens with one attached hydrogen (secondary N) is 1. The number of sulfonamides is 1. The SMILES string of the molecule is CC1CC(NC(=O)c2cnc3c(c2)N(S(=O)(=O)c2ccc(Cl)c(Cl)c2)CCO3)(C(=O)O)CCO1. The van der Waals surface area contributed by atoms with Crippen LogP contribution < -0.4 is 14.4 Å². The average molecular weight is 530 g/mol. The van der Waals surface area contributed by atoms with Gasteiger partial charge in [0.05, 0.1) is 33.2 Å². The maximum Gasteiger partial charge on any atom is 0.329 e. The van der Waals surface area contributed by atoms with E-state index in [1.54, 1.807) is 6.92 Å². The van der Waals surface area contributed by atoms with Crippen LogP contribution in [0.15, 0.2) is 35.4 Å². The molecule has 2 unspecified atom stereocenters. The molecule has 4 rings (SSSR count). The predicted molar refractivity (Wildman–Crippen MR) is 123 cm³/mol. The second-order valence-corrected chi connectivity index (χ2v) is 10.7. The minimum absolute atomic E-state index is 0.0154. The number of halogens is 2. The Balaban J connectivity index is 1.67. The highest BCUT2D eigenvalue weighted by atomic mass is 35.5. The van der Waals surface area contributed by atoms with E-state index >= 15 is 0 Å². The van der Waals surface area contributed by atoms with Gasteiger partial charge in [0.15, 0.2) is 0 Å². The van der Waals surface area contributed by atoms with E-state index in [2.05, 4.69) is 10.3 Å². The summed E-state index contributed by atoms with van der Waals surface area (Å²) >= 11 is 11.9. The third-order valence-corrected chi connectivity index (χ3v) is 8.25. The Morgan fingerprint density at radius 1 is 1.24 bits per heavy atom. The number of aromatic nitrogens is 1.